The number of ether oxygens (including phenoxy) is 2. The molecule has 0 aliphatic carbocycles. The zero-order valence-electron chi connectivity index (χ0n) is 16.0. The van der Waals surface area contributed by atoms with Crippen LogP contribution in [0.4, 0.5) is 0 Å². The number of carbonyl (C=O) groups excluding carboxylic acids is 1. The summed E-state index contributed by atoms with van der Waals surface area (Å²) in [6.07, 6.45) is 0. The molecule has 1 saturated heterocycles. The molecule has 0 N–H and O–H groups in total. The zero-order chi connectivity index (χ0) is 18.9. The van der Waals surface area contributed by atoms with E-state index >= 15 is 0 Å². The van der Waals surface area contributed by atoms with Gasteiger partial charge in [0.1, 0.15) is 0 Å². The fourth-order valence-electron chi connectivity index (χ4n) is 3.75. The first-order chi connectivity index (χ1) is 13.0. The molecule has 2 aromatic carbocycles. The van der Waals surface area contributed by atoms with Gasteiger partial charge in [-0.05, 0) is 37.1 Å². The van der Waals surface area contributed by atoms with Crippen LogP contribution < -0.4 is 9.47 Å². The molecule has 0 atom stereocenters. The van der Waals surface area contributed by atoms with E-state index in [-0.39, 0.29) is 12.7 Å². The number of rotatable bonds is 4. The minimum Gasteiger partial charge on any atom is -0.454 e. The Morgan fingerprint density at radius 3 is 2.41 bits per heavy atom. The lowest BCUT2D eigenvalue weighted by atomic mass is 9.82. The number of nitrogens with zero attached hydrogens (tertiary/aromatic N) is 2. The van der Waals surface area contributed by atoms with Crippen molar-refractivity contribution in [1.29, 1.82) is 0 Å². The lowest BCUT2D eigenvalue weighted by Gasteiger charge is -2.38. The molecule has 4 rings (SSSR count). The summed E-state index contributed by atoms with van der Waals surface area (Å²) in [5.41, 5.74) is 1.68. The lowest BCUT2D eigenvalue weighted by molar-refractivity contribution is -0.138. The van der Waals surface area contributed by atoms with Crippen LogP contribution in [-0.2, 0) is 16.8 Å². The second kappa shape index (κ2) is 7.24. The number of amides is 1. The van der Waals surface area contributed by atoms with Gasteiger partial charge in [-0.25, -0.2) is 0 Å². The van der Waals surface area contributed by atoms with Gasteiger partial charge >= 0.3 is 0 Å². The molecule has 0 unspecified atom stereocenters. The Kier molecular flexibility index (Phi) is 4.79. The second-order valence-corrected chi connectivity index (χ2v) is 7.75. The van der Waals surface area contributed by atoms with Gasteiger partial charge in [0.2, 0.25) is 12.7 Å². The maximum Gasteiger partial charge on any atom is 0.232 e. The Balaban J connectivity index is 1.39. The van der Waals surface area contributed by atoms with E-state index in [0.29, 0.717) is 0 Å². The van der Waals surface area contributed by atoms with Crippen LogP contribution >= 0.6 is 0 Å². The molecule has 5 nitrogen and oxygen atoms in total. The monoisotopic (exact) mass is 366 g/mol. The van der Waals surface area contributed by atoms with Crippen molar-refractivity contribution in [3.8, 4) is 11.5 Å². The van der Waals surface area contributed by atoms with Crippen molar-refractivity contribution in [2.24, 2.45) is 0 Å². The first-order valence-electron chi connectivity index (χ1n) is 9.50. The van der Waals surface area contributed by atoms with E-state index in [9.17, 15) is 4.79 Å². The Morgan fingerprint density at radius 2 is 1.67 bits per heavy atom. The fraction of sp³-hybridized carbons (Fsp3) is 0.409. The summed E-state index contributed by atoms with van der Waals surface area (Å²) in [6, 6.07) is 16.3. The van der Waals surface area contributed by atoms with Crippen LogP contribution in [-0.4, -0.2) is 48.7 Å². The van der Waals surface area contributed by atoms with Crippen LogP contribution in [0.2, 0.25) is 0 Å². The van der Waals surface area contributed by atoms with Crippen LogP contribution in [0.1, 0.15) is 25.0 Å². The molecule has 2 heterocycles. The largest absolute Gasteiger partial charge is 0.454 e. The van der Waals surface area contributed by atoms with Crippen LogP contribution in [0.5, 0.6) is 11.5 Å². The van der Waals surface area contributed by atoms with Gasteiger partial charge in [0.25, 0.3) is 0 Å². The first-order valence-corrected chi connectivity index (χ1v) is 9.50. The minimum atomic E-state index is -0.595. The third-order valence-electron chi connectivity index (χ3n) is 5.54. The van der Waals surface area contributed by atoms with E-state index in [0.717, 1.165) is 49.8 Å². The predicted octanol–water partition coefficient (Wildman–Crippen LogP) is 3.04. The third kappa shape index (κ3) is 3.65. The number of hydrogen-bond donors (Lipinski definition) is 0. The molecule has 27 heavy (non-hydrogen) atoms. The molecule has 0 spiro atoms. The molecule has 0 aromatic heterocycles. The molecule has 0 saturated carbocycles. The topological polar surface area (TPSA) is 42.0 Å². The van der Waals surface area contributed by atoms with E-state index in [1.165, 1.54) is 5.56 Å². The Hall–Kier alpha value is -2.53. The maximum absolute atomic E-state index is 13.2. The van der Waals surface area contributed by atoms with Crippen LogP contribution in [0, 0.1) is 0 Å². The van der Waals surface area contributed by atoms with Gasteiger partial charge < -0.3 is 14.4 Å². The van der Waals surface area contributed by atoms with Gasteiger partial charge in [0.05, 0.1) is 5.41 Å². The average molecular weight is 366 g/mol. The van der Waals surface area contributed by atoms with E-state index in [1.54, 1.807) is 0 Å². The highest BCUT2D eigenvalue weighted by Crippen LogP contribution is 2.37. The first kappa shape index (κ1) is 17.9. The van der Waals surface area contributed by atoms with Crippen LogP contribution in [0.25, 0.3) is 0 Å². The van der Waals surface area contributed by atoms with E-state index in [4.69, 9.17) is 9.47 Å². The van der Waals surface area contributed by atoms with Crippen molar-refractivity contribution in [2.75, 3.05) is 33.0 Å². The molecule has 2 aromatic rings. The smallest absolute Gasteiger partial charge is 0.232 e. The number of fused-ring (bicyclic) bond motifs is 1. The molecule has 0 bridgehead atoms. The summed E-state index contributed by atoms with van der Waals surface area (Å²) < 4.78 is 10.9. The Morgan fingerprint density at radius 1 is 0.963 bits per heavy atom. The molecule has 2 aliphatic rings. The molecular formula is C22H26N2O3. The highest BCUT2D eigenvalue weighted by Gasteiger charge is 2.36. The number of carbonyl (C=O) groups is 1. The Bertz CT molecular complexity index is 812. The van der Waals surface area contributed by atoms with Gasteiger partial charge in [-0.15, -0.1) is 0 Å². The lowest BCUT2D eigenvalue weighted by Crippen LogP contribution is -2.52. The summed E-state index contributed by atoms with van der Waals surface area (Å²) >= 11 is 0. The van der Waals surface area contributed by atoms with Gasteiger partial charge in [0.15, 0.2) is 11.5 Å². The molecular weight excluding hydrogens is 340 g/mol. The van der Waals surface area contributed by atoms with Gasteiger partial charge in [0, 0.05) is 32.7 Å². The van der Waals surface area contributed by atoms with E-state index in [2.05, 4.69) is 29.2 Å². The molecule has 5 heteroatoms. The molecule has 1 fully saturated rings. The fourth-order valence-corrected chi connectivity index (χ4v) is 3.75. The van der Waals surface area contributed by atoms with Crippen LogP contribution in [0.15, 0.2) is 48.5 Å². The normalized spacial score (nSPS) is 17.2. The highest BCUT2D eigenvalue weighted by molar-refractivity contribution is 5.87. The number of benzene rings is 2. The summed E-state index contributed by atoms with van der Waals surface area (Å²) in [7, 11) is 0. The van der Waals surface area contributed by atoms with Crippen molar-refractivity contribution in [2.45, 2.75) is 25.8 Å². The van der Waals surface area contributed by atoms with Gasteiger partial charge in [-0.3, -0.25) is 9.69 Å². The third-order valence-corrected chi connectivity index (χ3v) is 5.54. The summed E-state index contributed by atoms with van der Waals surface area (Å²) in [5.74, 6) is 1.64. The van der Waals surface area contributed by atoms with Crippen molar-refractivity contribution in [1.82, 2.24) is 9.80 Å². The van der Waals surface area contributed by atoms with Gasteiger partial charge in [-0.2, -0.15) is 0 Å². The minimum absolute atomic E-state index is 0.167. The molecule has 142 valence electrons. The van der Waals surface area contributed by atoms with Crippen molar-refractivity contribution in [3.05, 3.63) is 59.7 Å². The Labute approximate surface area is 160 Å². The van der Waals surface area contributed by atoms with Gasteiger partial charge in [-0.1, -0.05) is 36.4 Å². The molecule has 0 radical (unpaired) electrons. The number of hydrogen-bond acceptors (Lipinski definition) is 4. The molecule has 2 aliphatic heterocycles. The standard InChI is InChI=1S/C22H26N2O3/c1-22(2,18-8-9-19-20(14-18)27-16-26-19)21(25)24-12-10-23(11-13-24)15-17-6-4-3-5-7-17/h3-9,14H,10-13,15-16H2,1-2H3. The number of piperazine rings is 1. The maximum atomic E-state index is 13.2. The van der Waals surface area contributed by atoms with Crippen molar-refractivity contribution >= 4 is 5.91 Å². The zero-order valence-corrected chi connectivity index (χ0v) is 16.0. The van der Waals surface area contributed by atoms with Crippen LogP contribution in [0.3, 0.4) is 0 Å². The van der Waals surface area contributed by atoms with Crippen molar-refractivity contribution in [3.63, 3.8) is 0 Å². The predicted molar refractivity (Wildman–Crippen MR) is 104 cm³/mol. The quantitative estimate of drug-likeness (QED) is 0.834. The summed E-state index contributed by atoms with van der Waals surface area (Å²) in [5, 5.41) is 0. The SMILES string of the molecule is CC(C)(C(=O)N1CCN(Cc2ccccc2)CC1)c1ccc2c(c1)OCO2. The van der Waals surface area contributed by atoms with E-state index < -0.39 is 5.41 Å². The van der Waals surface area contributed by atoms with Crippen molar-refractivity contribution < 1.29 is 14.3 Å². The summed E-state index contributed by atoms with van der Waals surface area (Å²) in [6.45, 7) is 8.49. The van der Waals surface area contributed by atoms with E-state index in [1.807, 2.05) is 43.0 Å². The molecule has 1 amide bonds. The second-order valence-electron chi connectivity index (χ2n) is 7.75. The summed E-state index contributed by atoms with van der Waals surface area (Å²) in [4.78, 5) is 17.6. The average Bonchev–Trinajstić information content (AvgIpc) is 3.17. The highest BCUT2D eigenvalue weighted by atomic mass is 16.7.